The summed E-state index contributed by atoms with van der Waals surface area (Å²) in [7, 11) is 1.22. The topological polar surface area (TPSA) is 46.6 Å². The Morgan fingerprint density at radius 1 is 1.19 bits per heavy atom. The number of alkyl halides is 3. The Hall–Kier alpha value is -3.09. The molecule has 4 nitrogen and oxygen atoms in total. The van der Waals surface area contributed by atoms with E-state index in [4.69, 9.17) is 0 Å². The lowest BCUT2D eigenvalue weighted by molar-refractivity contribution is -0.137. The Morgan fingerprint density at radius 3 is 2.52 bits per heavy atom. The van der Waals surface area contributed by atoms with Crippen LogP contribution in [0, 0.1) is 0 Å². The molecule has 0 N–H and O–H groups in total. The fraction of sp³-hybridized carbons (Fsp3) is 0.200. The summed E-state index contributed by atoms with van der Waals surface area (Å²) in [6.07, 6.45) is -1.91. The minimum absolute atomic E-state index is 0.0136. The summed E-state index contributed by atoms with van der Waals surface area (Å²) in [5.74, 6) is -1.12. The highest BCUT2D eigenvalue weighted by Gasteiger charge is 2.38. The lowest BCUT2D eigenvalue weighted by atomic mass is 10.0. The predicted octanol–water partition coefficient (Wildman–Crippen LogP) is 4.13. The lowest BCUT2D eigenvalue weighted by Gasteiger charge is -2.23. The fourth-order valence-corrected chi connectivity index (χ4v) is 3.02. The Bertz CT molecular complexity index is 891. The Balaban J connectivity index is 2.02. The molecule has 3 rings (SSSR count). The van der Waals surface area contributed by atoms with E-state index in [1.165, 1.54) is 30.2 Å². The second-order valence-electron chi connectivity index (χ2n) is 6.05. The molecule has 1 amide bonds. The predicted molar refractivity (Wildman–Crippen MR) is 91.7 cm³/mol. The van der Waals surface area contributed by atoms with Crippen LogP contribution in [-0.4, -0.2) is 23.9 Å². The molecule has 2 aromatic rings. The normalized spacial score (nSPS) is 16.7. The molecular formula is C20H16F3NO3. The minimum Gasteiger partial charge on any atom is -0.466 e. The SMILES string of the molecule is COC(=O)/C=C/C1c2ccc(C(F)(F)F)cc2C(=O)N1Cc1ccccc1. The average Bonchev–Trinajstić information content (AvgIpc) is 2.91. The first-order valence-corrected chi connectivity index (χ1v) is 8.13. The zero-order valence-electron chi connectivity index (χ0n) is 14.4. The van der Waals surface area contributed by atoms with Crippen molar-refractivity contribution in [1.29, 1.82) is 0 Å². The number of carbonyl (C=O) groups excluding carboxylic acids is 2. The first-order valence-electron chi connectivity index (χ1n) is 8.13. The molecular weight excluding hydrogens is 359 g/mol. The van der Waals surface area contributed by atoms with Crippen molar-refractivity contribution >= 4 is 11.9 Å². The van der Waals surface area contributed by atoms with Crippen molar-refractivity contribution in [2.24, 2.45) is 0 Å². The van der Waals surface area contributed by atoms with Gasteiger partial charge in [0.25, 0.3) is 5.91 Å². The first kappa shape index (κ1) is 18.7. The first-order chi connectivity index (χ1) is 12.8. The molecule has 0 fully saturated rings. The monoisotopic (exact) mass is 375 g/mol. The third-order valence-electron chi connectivity index (χ3n) is 4.34. The van der Waals surface area contributed by atoms with E-state index < -0.39 is 29.7 Å². The van der Waals surface area contributed by atoms with Crippen molar-refractivity contribution < 1.29 is 27.5 Å². The largest absolute Gasteiger partial charge is 0.466 e. The van der Waals surface area contributed by atoms with Crippen molar-refractivity contribution in [3.63, 3.8) is 0 Å². The standard InChI is InChI=1S/C20H16F3NO3/c1-27-18(25)10-9-17-15-8-7-14(20(21,22)23)11-16(15)19(26)24(17)12-13-5-3-2-4-6-13/h2-11,17H,12H2,1H3/b10-9+. The number of benzene rings is 2. The number of hydrogen-bond acceptors (Lipinski definition) is 3. The van der Waals surface area contributed by atoms with Gasteiger partial charge in [-0.1, -0.05) is 42.5 Å². The van der Waals surface area contributed by atoms with Crippen molar-refractivity contribution in [1.82, 2.24) is 4.90 Å². The van der Waals surface area contributed by atoms with Gasteiger partial charge in [-0.3, -0.25) is 4.79 Å². The number of methoxy groups -OCH3 is 1. The van der Waals surface area contributed by atoms with Gasteiger partial charge in [0.05, 0.1) is 18.7 Å². The molecule has 1 aliphatic rings. The van der Waals surface area contributed by atoms with E-state index in [2.05, 4.69) is 4.74 Å². The number of hydrogen-bond donors (Lipinski definition) is 0. The van der Waals surface area contributed by atoms with Gasteiger partial charge in [0.15, 0.2) is 0 Å². The highest BCUT2D eigenvalue weighted by atomic mass is 19.4. The van der Waals surface area contributed by atoms with Crippen LogP contribution in [0.5, 0.6) is 0 Å². The molecule has 0 aliphatic carbocycles. The molecule has 0 bridgehead atoms. The van der Waals surface area contributed by atoms with Gasteiger partial charge in [0.1, 0.15) is 0 Å². The van der Waals surface area contributed by atoms with Crippen molar-refractivity contribution in [2.45, 2.75) is 18.8 Å². The van der Waals surface area contributed by atoms with E-state index in [9.17, 15) is 22.8 Å². The summed E-state index contributed by atoms with van der Waals surface area (Å²) in [5, 5.41) is 0. The van der Waals surface area contributed by atoms with Crippen molar-refractivity contribution in [2.75, 3.05) is 7.11 Å². The number of carbonyl (C=O) groups is 2. The van der Waals surface area contributed by atoms with E-state index in [0.29, 0.717) is 5.56 Å². The van der Waals surface area contributed by atoms with E-state index in [-0.39, 0.29) is 12.1 Å². The highest BCUT2D eigenvalue weighted by Crippen LogP contribution is 2.39. The van der Waals surface area contributed by atoms with Crippen LogP contribution in [0.15, 0.2) is 60.7 Å². The zero-order valence-corrected chi connectivity index (χ0v) is 14.4. The molecule has 140 valence electrons. The third-order valence-corrected chi connectivity index (χ3v) is 4.34. The number of amides is 1. The summed E-state index contributed by atoms with van der Waals surface area (Å²) in [6, 6.07) is 11.5. The molecule has 1 atom stereocenters. The van der Waals surface area contributed by atoms with E-state index in [1.807, 2.05) is 30.3 Å². The van der Waals surface area contributed by atoms with Crippen LogP contribution in [0.1, 0.15) is 33.1 Å². The van der Waals surface area contributed by atoms with E-state index in [1.54, 1.807) is 0 Å². The van der Waals surface area contributed by atoms with Gasteiger partial charge in [0.2, 0.25) is 0 Å². The van der Waals surface area contributed by atoms with Gasteiger partial charge >= 0.3 is 12.1 Å². The summed E-state index contributed by atoms with van der Waals surface area (Å²) >= 11 is 0. The number of nitrogens with zero attached hydrogens (tertiary/aromatic N) is 1. The van der Waals surface area contributed by atoms with Crippen LogP contribution in [0.25, 0.3) is 0 Å². The maximum absolute atomic E-state index is 13.0. The number of fused-ring (bicyclic) bond motifs is 1. The van der Waals surface area contributed by atoms with Crippen LogP contribution in [0.2, 0.25) is 0 Å². The quantitative estimate of drug-likeness (QED) is 0.596. The van der Waals surface area contributed by atoms with Gasteiger partial charge in [-0.2, -0.15) is 13.2 Å². The lowest BCUT2D eigenvalue weighted by Crippen LogP contribution is -2.26. The van der Waals surface area contributed by atoms with Gasteiger partial charge in [-0.25, -0.2) is 4.79 Å². The van der Waals surface area contributed by atoms with Crippen molar-refractivity contribution in [3.8, 4) is 0 Å². The zero-order chi connectivity index (χ0) is 19.6. The molecule has 0 radical (unpaired) electrons. The molecule has 0 saturated carbocycles. The smallest absolute Gasteiger partial charge is 0.416 e. The van der Waals surface area contributed by atoms with Crippen LogP contribution >= 0.6 is 0 Å². The van der Waals surface area contributed by atoms with Crippen LogP contribution in [0.3, 0.4) is 0 Å². The second kappa shape index (κ2) is 7.26. The maximum atomic E-state index is 13.0. The summed E-state index contributed by atoms with van der Waals surface area (Å²) in [6.45, 7) is 0.200. The number of rotatable bonds is 4. The molecule has 0 spiro atoms. The van der Waals surface area contributed by atoms with E-state index >= 15 is 0 Å². The van der Waals surface area contributed by atoms with Crippen LogP contribution in [0.4, 0.5) is 13.2 Å². The molecule has 0 aromatic heterocycles. The van der Waals surface area contributed by atoms with Gasteiger partial charge < -0.3 is 9.64 Å². The van der Waals surface area contributed by atoms with E-state index in [0.717, 1.165) is 17.7 Å². The maximum Gasteiger partial charge on any atom is 0.416 e. The molecule has 1 unspecified atom stereocenters. The van der Waals surface area contributed by atoms with Crippen LogP contribution in [-0.2, 0) is 22.3 Å². The fourth-order valence-electron chi connectivity index (χ4n) is 3.02. The summed E-state index contributed by atoms with van der Waals surface area (Å²) in [5.41, 5.74) is 0.349. The number of ether oxygens (including phenoxy) is 1. The molecule has 2 aromatic carbocycles. The summed E-state index contributed by atoms with van der Waals surface area (Å²) < 4.78 is 43.6. The molecule has 27 heavy (non-hydrogen) atoms. The molecule has 1 heterocycles. The van der Waals surface area contributed by atoms with Gasteiger partial charge in [0, 0.05) is 18.2 Å². The second-order valence-corrected chi connectivity index (χ2v) is 6.05. The average molecular weight is 375 g/mol. The Morgan fingerprint density at radius 2 is 1.89 bits per heavy atom. The Labute approximate surface area is 153 Å². The van der Waals surface area contributed by atoms with Crippen molar-refractivity contribution in [3.05, 3.63) is 82.9 Å². The summed E-state index contributed by atoms with van der Waals surface area (Å²) in [4.78, 5) is 25.7. The number of halogens is 3. The molecule has 0 saturated heterocycles. The van der Waals surface area contributed by atoms with Crippen LogP contribution < -0.4 is 0 Å². The van der Waals surface area contributed by atoms with Gasteiger partial charge in [-0.05, 0) is 23.3 Å². The molecule has 1 aliphatic heterocycles. The Kier molecular flexibility index (Phi) is 5.03. The van der Waals surface area contributed by atoms with Gasteiger partial charge in [-0.15, -0.1) is 0 Å². The minimum atomic E-state index is -4.54. The molecule has 7 heteroatoms. The highest BCUT2D eigenvalue weighted by molar-refractivity contribution is 6.00. The third kappa shape index (κ3) is 3.86. The number of esters is 1.